The van der Waals surface area contributed by atoms with E-state index in [1.807, 2.05) is 44.1 Å². The SMILES string of the molecule is Cc1ccc(S(=O)(=O)NC(C#N)c2ccc(N(C)C)cc2)cc1. The molecular weight excluding hydrogens is 310 g/mol. The van der Waals surface area contributed by atoms with Crippen molar-refractivity contribution in [2.45, 2.75) is 17.9 Å². The van der Waals surface area contributed by atoms with Crippen LogP contribution in [0.15, 0.2) is 53.4 Å². The van der Waals surface area contributed by atoms with Crippen molar-refractivity contribution in [1.29, 1.82) is 5.26 Å². The van der Waals surface area contributed by atoms with Gasteiger partial charge in [-0.15, -0.1) is 0 Å². The van der Waals surface area contributed by atoms with Crippen molar-refractivity contribution in [3.63, 3.8) is 0 Å². The topological polar surface area (TPSA) is 73.2 Å². The van der Waals surface area contributed by atoms with E-state index in [-0.39, 0.29) is 4.90 Å². The first kappa shape index (κ1) is 17.0. The first-order chi connectivity index (χ1) is 10.8. The summed E-state index contributed by atoms with van der Waals surface area (Å²) < 4.78 is 27.2. The standard InChI is InChI=1S/C17H19N3O2S/c1-13-4-10-16(11-5-13)23(21,22)19-17(12-18)14-6-8-15(9-7-14)20(2)3/h4-11,17,19H,1-3H3. The van der Waals surface area contributed by atoms with E-state index in [4.69, 9.17) is 0 Å². The van der Waals surface area contributed by atoms with Gasteiger partial charge in [0.25, 0.3) is 0 Å². The molecule has 5 nitrogen and oxygen atoms in total. The maximum absolute atomic E-state index is 12.4. The monoisotopic (exact) mass is 329 g/mol. The second kappa shape index (κ2) is 6.82. The lowest BCUT2D eigenvalue weighted by molar-refractivity contribution is 0.575. The molecule has 0 spiro atoms. The molecule has 0 aromatic heterocycles. The first-order valence-corrected chi connectivity index (χ1v) is 8.58. The third-order valence-corrected chi connectivity index (χ3v) is 4.91. The van der Waals surface area contributed by atoms with Crippen LogP contribution >= 0.6 is 0 Å². The smallest absolute Gasteiger partial charge is 0.241 e. The molecule has 0 bridgehead atoms. The number of hydrogen-bond acceptors (Lipinski definition) is 4. The quantitative estimate of drug-likeness (QED) is 0.915. The van der Waals surface area contributed by atoms with Crippen LogP contribution in [0.1, 0.15) is 17.2 Å². The van der Waals surface area contributed by atoms with Crippen LogP contribution in [-0.4, -0.2) is 22.5 Å². The zero-order valence-electron chi connectivity index (χ0n) is 13.3. The first-order valence-electron chi connectivity index (χ1n) is 7.09. The molecule has 0 amide bonds. The number of aryl methyl sites for hydroxylation is 1. The third kappa shape index (κ3) is 4.09. The van der Waals surface area contributed by atoms with Crippen LogP contribution in [0.4, 0.5) is 5.69 Å². The lowest BCUT2D eigenvalue weighted by atomic mass is 10.1. The molecule has 1 atom stereocenters. The minimum absolute atomic E-state index is 0.147. The Bertz CT molecular complexity index is 804. The van der Waals surface area contributed by atoms with Gasteiger partial charge >= 0.3 is 0 Å². The number of anilines is 1. The number of rotatable bonds is 5. The molecule has 0 aliphatic rings. The van der Waals surface area contributed by atoms with Crippen molar-refractivity contribution in [2.75, 3.05) is 19.0 Å². The molecule has 0 fully saturated rings. The molecule has 2 rings (SSSR count). The molecular formula is C17H19N3O2S. The van der Waals surface area contributed by atoms with Crippen LogP contribution in [-0.2, 0) is 10.0 Å². The van der Waals surface area contributed by atoms with Crippen molar-refractivity contribution in [3.05, 3.63) is 59.7 Å². The van der Waals surface area contributed by atoms with Gasteiger partial charge in [-0.25, -0.2) is 8.42 Å². The summed E-state index contributed by atoms with van der Waals surface area (Å²) in [5, 5.41) is 9.32. The average molecular weight is 329 g/mol. The van der Waals surface area contributed by atoms with Gasteiger partial charge < -0.3 is 4.90 Å². The lowest BCUT2D eigenvalue weighted by Gasteiger charge is -2.15. The van der Waals surface area contributed by atoms with E-state index in [1.165, 1.54) is 12.1 Å². The maximum atomic E-state index is 12.4. The van der Waals surface area contributed by atoms with E-state index in [9.17, 15) is 13.7 Å². The number of hydrogen-bond donors (Lipinski definition) is 1. The third-order valence-electron chi connectivity index (χ3n) is 3.48. The van der Waals surface area contributed by atoms with Crippen LogP contribution in [0, 0.1) is 18.3 Å². The van der Waals surface area contributed by atoms with Gasteiger partial charge in [-0.05, 0) is 36.8 Å². The minimum atomic E-state index is -3.75. The van der Waals surface area contributed by atoms with Crippen molar-refractivity contribution in [3.8, 4) is 6.07 Å². The van der Waals surface area contributed by atoms with Crippen molar-refractivity contribution in [1.82, 2.24) is 4.72 Å². The molecule has 0 aliphatic heterocycles. The molecule has 0 saturated heterocycles. The number of nitrogens with zero attached hydrogens (tertiary/aromatic N) is 2. The van der Waals surface area contributed by atoms with E-state index in [2.05, 4.69) is 4.72 Å². The Labute approximate surface area is 137 Å². The van der Waals surface area contributed by atoms with Gasteiger partial charge in [0.05, 0.1) is 11.0 Å². The van der Waals surface area contributed by atoms with Crippen molar-refractivity contribution >= 4 is 15.7 Å². The highest BCUT2D eigenvalue weighted by Crippen LogP contribution is 2.20. The van der Waals surface area contributed by atoms with E-state index < -0.39 is 16.1 Å². The summed E-state index contributed by atoms with van der Waals surface area (Å²) in [6, 6.07) is 14.8. The predicted molar refractivity (Wildman–Crippen MR) is 90.6 cm³/mol. The van der Waals surface area contributed by atoms with Gasteiger partial charge in [0.1, 0.15) is 6.04 Å². The fourth-order valence-electron chi connectivity index (χ4n) is 2.07. The molecule has 6 heteroatoms. The summed E-state index contributed by atoms with van der Waals surface area (Å²) in [4.78, 5) is 2.08. The Kier molecular flexibility index (Phi) is 5.04. The Morgan fingerprint density at radius 2 is 1.61 bits per heavy atom. The van der Waals surface area contributed by atoms with Crippen LogP contribution in [0.25, 0.3) is 0 Å². The Balaban J connectivity index is 2.25. The van der Waals surface area contributed by atoms with Gasteiger partial charge in [-0.2, -0.15) is 9.98 Å². The molecule has 0 aliphatic carbocycles. The number of nitrogens with one attached hydrogen (secondary N) is 1. The van der Waals surface area contributed by atoms with Crippen LogP contribution in [0.2, 0.25) is 0 Å². The van der Waals surface area contributed by atoms with E-state index in [0.717, 1.165) is 11.3 Å². The number of nitriles is 1. The lowest BCUT2D eigenvalue weighted by Crippen LogP contribution is -2.27. The summed E-state index contributed by atoms with van der Waals surface area (Å²) in [6.07, 6.45) is 0. The summed E-state index contributed by atoms with van der Waals surface area (Å²) in [5.41, 5.74) is 2.56. The fourth-order valence-corrected chi connectivity index (χ4v) is 3.20. The van der Waals surface area contributed by atoms with E-state index in [0.29, 0.717) is 5.56 Å². The zero-order chi connectivity index (χ0) is 17.0. The summed E-state index contributed by atoms with van der Waals surface area (Å²) in [6.45, 7) is 1.88. The van der Waals surface area contributed by atoms with E-state index in [1.54, 1.807) is 24.3 Å². The minimum Gasteiger partial charge on any atom is -0.378 e. The van der Waals surface area contributed by atoms with Gasteiger partial charge in [-0.1, -0.05) is 29.8 Å². The largest absolute Gasteiger partial charge is 0.378 e. The highest BCUT2D eigenvalue weighted by molar-refractivity contribution is 7.89. The van der Waals surface area contributed by atoms with Crippen molar-refractivity contribution in [2.24, 2.45) is 0 Å². The Morgan fingerprint density at radius 1 is 1.04 bits per heavy atom. The summed E-state index contributed by atoms with van der Waals surface area (Å²) in [5.74, 6) is 0. The molecule has 1 N–H and O–H groups in total. The highest BCUT2D eigenvalue weighted by Gasteiger charge is 2.21. The molecule has 0 saturated carbocycles. The van der Waals surface area contributed by atoms with Crippen molar-refractivity contribution < 1.29 is 8.42 Å². The van der Waals surface area contributed by atoms with Gasteiger partial charge in [0, 0.05) is 19.8 Å². The Morgan fingerprint density at radius 3 is 2.09 bits per heavy atom. The average Bonchev–Trinajstić information content (AvgIpc) is 2.53. The van der Waals surface area contributed by atoms with Crippen LogP contribution in [0.3, 0.4) is 0 Å². The second-order valence-corrected chi connectivity index (χ2v) is 7.20. The normalized spacial score (nSPS) is 12.4. The predicted octanol–water partition coefficient (Wildman–Crippen LogP) is 2.60. The van der Waals surface area contributed by atoms with Gasteiger partial charge in [0.2, 0.25) is 10.0 Å². The summed E-state index contributed by atoms with van der Waals surface area (Å²) >= 11 is 0. The second-order valence-electron chi connectivity index (χ2n) is 5.48. The Hall–Kier alpha value is -2.36. The fraction of sp³-hybridized carbons (Fsp3) is 0.235. The number of benzene rings is 2. The number of sulfonamides is 1. The summed E-state index contributed by atoms with van der Waals surface area (Å²) in [7, 11) is 0.0813. The van der Waals surface area contributed by atoms with Gasteiger partial charge in [0.15, 0.2) is 0 Å². The maximum Gasteiger partial charge on any atom is 0.241 e. The highest BCUT2D eigenvalue weighted by atomic mass is 32.2. The van der Waals surface area contributed by atoms with Crippen LogP contribution in [0.5, 0.6) is 0 Å². The molecule has 0 radical (unpaired) electrons. The van der Waals surface area contributed by atoms with Gasteiger partial charge in [-0.3, -0.25) is 0 Å². The zero-order valence-corrected chi connectivity index (χ0v) is 14.1. The molecule has 2 aromatic carbocycles. The van der Waals surface area contributed by atoms with Crippen LogP contribution < -0.4 is 9.62 Å². The molecule has 23 heavy (non-hydrogen) atoms. The molecule has 0 heterocycles. The van der Waals surface area contributed by atoms with E-state index >= 15 is 0 Å². The molecule has 2 aromatic rings. The molecule has 1 unspecified atom stereocenters. The molecule has 120 valence electrons.